The molecule has 0 aromatic heterocycles. The van der Waals surface area contributed by atoms with Crippen molar-refractivity contribution in [1.29, 1.82) is 0 Å². The summed E-state index contributed by atoms with van der Waals surface area (Å²) < 4.78 is 19.0. The zero-order valence-electron chi connectivity index (χ0n) is 7.54. The molecule has 72 valence electrons. The summed E-state index contributed by atoms with van der Waals surface area (Å²) >= 11 is 0. The van der Waals surface area contributed by atoms with E-state index in [2.05, 4.69) is 9.72 Å². The molecular weight excluding hydrogens is 182 g/mol. The monoisotopic (exact) mass is 195 g/mol. The van der Waals surface area contributed by atoms with Gasteiger partial charge in [0, 0.05) is 21.3 Å². The van der Waals surface area contributed by atoms with E-state index in [9.17, 15) is 4.79 Å². The van der Waals surface area contributed by atoms with Gasteiger partial charge < -0.3 is 18.0 Å². The number of amides is 1. The Kier molecular flexibility index (Phi) is 4.82. The lowest BCUT2D eigenvalue weighted by atomic mass is 11.2. The lowest BCUT2D eigenvalue weighted by molar-refractivity contribution is 0.103. The van der Waals surface area contributed by atoms with Gasteiger partial charge in [0.05, 0.1) is 7.11 Å². The summed E-state index contributed by atoms with van der Waals surface area (Å²) in [6.45, 7) is 0. The smallest absolute Gasteiger partial charge is 0.453 e. The summed E-state index contributed by atoms with van der Waals surface area (Å²) in [4.78, 5) is 13.1. The van der Waals surface area contributed by atoms with Crippen LogP contribution in [0.1, 0.15) is 0 Å². The third-order valence-electron chi connectivity index (χ3n) is 1.25. The fraction of sp³-hybridized carbons (Fsp3) is 0.800. The molecule has 0 spiro atoms. The Morgan fingerprint density at radius 1 is 1.08 bits per heavy atom. The van der Waals surface area contributed by atoms with E-state index in [0.717, 1.165) is 0 Å². The summed E-state index contributed by atoms with van der Waals surface area (Å²) in [5, 5.41) is 0. The largest absolute Gasteiger partial charge is 0.635 e. The average Bonchev–Trinajstić information content (AvgIpc) is 2.14. The molecule has 0 unspecified atom stereocenters. The van der Waals surface area contributed by atoms with Gasteiger partial charge in [0.2, 0.25) is 0 Å². The molecule has 0 rings (SSSR count). The molecule has 0 aromatic carbocycles. The van der Waals surface area contributed by atoms with E-state index in [4.69, 9.17) is 13.3 Å². The van der Waals surface area contributed by atoms with Crippen molar-refractivity contribution >= 4 is 15.1 Å². The highest BCUT2D eigenvalue weighted by Gasteiger charge is 2.42. The number of carbonyl (C=O) groups excluding carboxylic acids is 1. The molecule has 0 atom stereocenters. The van der Waals surface area contributed by atoms with Crippen molar-refractivity contribution in [3.05, 3.63) is 0 Å². The molecule has 0 aliphatic heterocycles. The molecule has 0 aliphatic rings. The number of methoxy groups -OCH3 is 1. The van der Waals surface area contributed by atoms with Gasteiger partial charge in [-0.1, -0.05) is 0 Å². The van der Waals surface area contributed by atoms with Crippen molar-refractivity contribution in [3.8, 4) is 0 Å². The molecule has 0 radical (unpaired) electrons. The molecular formula is C5H13NO5Si. The maximum atomic E-state index is 10.8. The first-order valence-electron chi connectivity index (χ1n) is 3.15. The Labute approximate surface area is 72.2 Å². The average molecular weight is 195 g/mol. The molecule has 0 saturated carbocycles. The molecule has 12 heavy (non-hydrogen) atoms. The van der Waals surface area contributed by atoms with Crippen LogP contribution in [0.2, 0.25) is 0 Å². The minimum atomic E-state index is -3.03. The summed E-state index contributed by atoms with van der Waals surface area (Å²) in [5.74, 6) is 0. The van der Waals surface area contributed by atoms with E-state index in [1.165, 1.54) is 28.4 Å². The standard InChI is InChI=1S/C5H13NO5Si/c1-8-5(7)6-12(9-2,10-3)11-4/h1-4H3,(H,6,7). The summed E-state index contributed by atoms with van der Waals surface area (Å²) in [7, 11) is 2.37. The van der Waals surface area contributed by atoms with Crippen molar-refractivity contribution in [2.75, 3.05) is 28.4 Å². The van der Waals surface area contributed by atoms with E-state index in [0.29, 0.717) is 0 Å². The quantitative estimate of drug-likeness (QED) is 0.625. The SMILES string of the molecule is COC(=O)N[Si](OC)(OC)OC. The van der Waals surface area contributed by atoms with Crippen LogP contribution in [0.15, 0.2) is 0 Å². The lowest BCUT2D eigenvalue weighted by Crippen LogP contribution is -2.59. The van der Waals surface area contributed by atoms with Gasteiger partial charge in [0.15, 0.2) is 0 Å². The number of ether oxygens (including phenoxy) is 1. The van der Waals surface area contributed by atoms with Gasteiger partial charge in [-0.2, -0.15) is 0 Å². The van der Waals surface area contributed by atoms with Gasteiger partial charge in [0.25, 0.3) is 0 Å². The van der Waals surface area contributed by atoms with E-state index < -0.39 is 15.1 Å². The highest BCUT2D eigenvalue weighted by Crippen LogP contribution is 2.00. The van der Waals surface area contributed by atoms with Crippen molar-refractivity contribution < 1.29 is 22.8 Å². The highest BCUT2D eigenvalue weighted by molar-refractivity contribution is 6.60. The predicted molar refractivity (Wildman–Crippen MR) is 42.3 cm³/mol. The van der Waals surface area contributed by atoms with Crippen LogP contribution in [0.5, 0.6) is 0 Å². The number of rotatable bonds is 4. The topological polar surface area (TPSA) is 66.0 Å². The molecule has 0 saturated heterocycles. The van der Waals surface area contributed by atoms with Gasteiger partial charge in [-0.25, -0.2) is 4.79 Å². The van der Waals surface area contributed by atoms with Crippen LogP contribution in [0.4, 0.5) is 4.79 Å². The second kappa shape index (κ2) is 5.09. The van der Waals surface area contributed by atoms with Crippen LogP contribution >= 0.6 is 0 Å². The van der Waals surface area contributed by atoms with Crippen molar-refractivity contribution in [1.82, 2.24) is 4.98 Å². The van der Waals surface area contributed by atoms with Crippen molar-refractivity contribution in [2.45, 2.75) is 0 Å². The van der Waals surface area contributed by atoms with Gasteiger partial charge >= 0.3 is 15.1 Å². The van der Waals surface area contributed by atoms with Crippen LogP contribution in [-0.4, -0.2) is 43.5 Å². The minimum Gasteiger partial charge on any atom is -0.453 e. The first-order valence-corrected chi connectivity index (χ1v) is 4.88. The molecule has 0 heterocycles. The maximum absolute atomic E-state index is 10.8. The molecule has 0 bridgehead atoms. The third-order valence-corrected chi connectivity index (χ3v) is 3.37. The molecule has 0 fully saturated rings. The van der Waals surface area contributed by atoms with Gasteiger partial charge in [0.1, 0.15) is 0 Å². The van der Waals surface area contributed by atoms with E-state index >= 15 is 0 Å². The Bertz CT molecular complexity index is 141. The number of hydrogen-bond acceptors (Lipinski definition) is 5. The molecule has 0 aromatic rings. The molecule has 6 nitrogen and oxygen atoms in total. The highest BCUT2D eigenvalue weighted by atomic mass is 28.4. The van der Waals surface area contributed by atoms with E-state index in [1.54, 1.807) is 0 Å². The molecule has 7 heteroatoms. The molecule has 1 amide bonds. The van der Waals surface area contributed by atoms with Crippen LogP contribution < -0.4 is 4.98 Å². The van der Waals surface area contributed by atoms with Crippen molar-refractivity contribution in [2.24, 2.45) is 0 Å². The Morgan fingerprint density at radius 3 is 1.75 bits per heavy atom. The predicted octanol–water partition coefficient (Wildman–Crippen LogP) is -0.283. The van der Waals surface area contributed by atoms with Gasteiger partial charge in [-0.05, 0) is 0 Å². The fourth-order valence-electron chi connectivity index (χ4n) is 0.579. The summed E-state index contributed by atoms with van der Waals surface area (Å²) in [6.07, 6.45) is -0.646. The van der Waals surface area contributed by atoms with Crippen LogP contribution in [0, 0.1) is 0 Å². The molecule has 0 aliphatic carbocycles. The Morgan fingerprint density at radius 2 is 1.50 bits per heavy atom. The van der Waals surface area contributed by atoms with Gasteiger partial charge in [-0.15, -0.1) is 0 Å². The van der Waals surface area contributed by atoms with E-state index in [1.807, 2.05) is 0 Å². The zero-order valence-corrected chi connectivity index (χ0v) is 8.54. The first-order chi connectivity index (χ1) is 5.64. The first kappa shape index (κ1) is 11.4. The lowest BCUT2D eigenvalue weighted by Gasteiger charge is -2.22. The number of hydrogen-bond donors (Lipinski definition) is 1. The Hall–Kier alpha value is -0.633. The normalized spacial score (nSPS) is 11.0. The number of carbonyl (C=O) groups is 1. The van der Waals surface area contributed by atoms with Crippen LogP contribution in [0.25, 0.3) is 0 Å². The van der Waals surface area contributed by atoms with Crippen LogP contribution in [0.3, 0.4) is 0 Å². The maximum Gasteiger partial charge on any atom is 0.635 e. The summed E-state index contributed by atoms with van der Waals surface area (Å²) in [5.41, 5.74) is 0. The third kappa shape index (κ3) is 2.78. The zero-order chi connectivity index (χ0) is 9.61. The number of nitrogens with one attached hydrogen (secondary N) is 1. The Balaban J connectivity index is 4.19. The van der Waals surface area contributed by atoms with Crippen LogP contribution in [-0.2, 0) is 18.0 Å². The van der Waals surface area contributed by atoms with Gasteiger partial charge in [-0.3, -0.25) is 4.98 Å². The second-order valence-corrected chi connectivity index (χ2v) is 4.37. The fourth-order valence-corrected chi connectivity index (χ4v) is 1.74. The summed E-state index contributed by atoms with van der Waals surface area (Å²) in [6, 6.07) is 0. The van der Waals surface area contributed by atoms with Crippen molar-refractivity contribution in [3.63, 3.8) is 0 Å². The molecule has 1 N–H and O–H groups in total. The minimum absolute atomic E-state index is 0.646. The van der Waals surface area contributed by atoms with E-state index in [-0.39, 0.29) is 0 Å². The second-order valence-electron chi connectivity index (χ2n) is 1.79.